The maximum Gasteiger partial charge on any atom is 0.256 e. The number of pyridine rings is 1. The Kier molecular flexibility index (Phi) is 5.27. The summed E-state index contributed by atoms with van der Waals surface area (Å²) in [4.78, 5) is 4.25. The van der Waals surface area contributed by atoms with Gasteiger partial charge in [-0.1, -0.05) is 6.92 Å². The van der Waals surface area contributed by atoms with E-state index in [0.29, 0.717) is 25.0 Å². The van der Waals surface area contributed by atoms with Crippen LogP contribution >= 0.6 is 0 Å². The quantitative estimate of drug-likeness (QED) is 0.841. The number of hydrogen-bond acceptors (Lipinski definition) is 4. The summed E-state index contributed by atoms with van der Waals surface area (Å²) in [5, 5.41) is 3.39. The minimum atomic E-state index is 0.583. The standard InChI is InChI=1S/C14H22N2O2/c1-2-9-17-13-6-4-8-16-14(13)18-11-12-5-3-7-15-10-12/h4,6,8,12,15H,2-3,5,7,9-11H2,1H3. The summed E-state index contributed by atoms with van der Waals surface area (Å²) < 4.78 is 11.4. The Morgan fingerprint density at radius 3 is 3.17 bits per heavy atom. The molecule has 1 fully saturated rings. The second-order valence-corrected chi connectivity index (χ2v) is 4.68. The molecular weight excluding hydrogens is 228 g/mol. The van der Waals surface area contributed by atoms with Crippen LogP contribution in [-0.4, -0.2) is 31.3 Å². The summed E-state index contributed by atoms with van der Waals surface area (Å²) >= 11 is 0. The molecule has 0 radical (unpaired) electrons. The van der Waals surface area contributed by atoms with Crippen molar-refractivity contribution in [1.29, 1.82) is 0 Å². The van der Waals surface area contributed by atoms with Crippen molar-refractivity contribution in [2.45, 2.75) is 26.2 Å². The van der Waals surface area contributed by atoms with Gasteiger partial charge in [0.2, 0.25) is 0 Å². The van der Waals surface area contributed by atoms with Crippen LogP contribution in [0.1, 0.15) is 26.2 Å². The van der Waals surface area contributed by atoms with E-state index in [1.165, 1.54) is 12.8 Å². The Balaban J connectivity index is 1.87. The van der Waals surface area contributed by atoms with Crippen LogP contribution in [0.3, 0.4) is 0 Å². The molecule has 0 aliphatic carbocycles. The molecule has 0 bridgehead atoms. The van der Waals surface area contributed by atoms with Crippen LogP contribution in [0.5, 0.6) is 11.6 Å². The smallest absolute Gasteiger partial charge is 0.256 e. The van der Waals surface area contributed by atoms with Crippen molar-refractivity contribution in [3.63, 3.8) is 0 Å². The Labute approximate surface area is 109 Å². The molecule has 1 aromatic heterocycles. The van der Waals surface area contributed by atoms with Crippen molar-refractivity contribution < 1.29 is 9.47 Å². The Morgan fingerprint density at radius 1 is 1.44 bits per heavy atom. The van der Waals surface area contributed by atoms with E-state index in [1.807, 2.05) is 12.1 Å². The van der Waals surface area contributed by atoms with Crippen molar-refractivity contribution in [2.24, 2.45) is 5.92 Å². The van der Waals surface area contributed by atoms with Crippen LogP contribution in [0.15, 0.2) is 18.3 Å². The number of piperidine rings is 1. The van der Waals surface area contributed by atoms with Gasteiger partial charge in [-0.2, -0.15) is 0 Å². The first-order chi connectivity index (χ1) is 8.90. The van der Waals surface area contributed by atoms with Gasteiger partial charge in [0.05, 0.1) is 13.2 Å². The van der Waals surface area contributed by atoms with Crippen LogP contribution in [0.4, 0.5) is 0 Å². The fourth-order valence-electron chi connectivity index (χ4n) is 2.07. The molecule has 0 amide bonds. The summed E-state index contributed by atoms with van der Waals surface area (Å²) in [5.74, 6) is 1.96. The molecule has 1 N–H and O–H groups in total. The van der Waals surface area contributed by atoms with Gasteiger partial charge in [-0.15, -0.1) is 0 Å². The zero-order valence-corrected chi connectivity index (χ0v) is 11.0. The van der Waals surface area contributed by atoms with E-state index in [0.717, 1.165) is 25.3 Å². The highest BCUT2D eigenvalue weighted by atomic mass is 16.5. The van der Waals surface area contributed by atoms with Gasteiger partial charge in [0, 0.05) is 18.7 Å². The number of nitrogens with one attached hydrogen (secondary N) is 1. The zero-order valence-electron chi connectivity index (χ0n) is 11.0. The summed E-state index contributed by atoms with van der Waals surface area (Å²) in [6.07, 6.45) is 5.19. The Morgan fingerprint density at radius 2 is 2.39 bits per heavy atom. The molecule has 1 saturated heterocycles. The molecule has 4 heteroatoms. The highest BCUT2D eigenvalue weighted by Crippen LogP contribution is 2.24. The third-order valence-corrected chi connectivity index (χ3v) is 3.05. The average molecular weight is 250 g/mol. The first-order valence-electron chi connectivity index (χ1n) is 6.81. The minimum Gasteiger partial charge on any atom is -0.488 e. The maximum absolute atomic E-state index is 5.80. The van der Waals surface area contributed by atoms with Gasteiger partial charge in [-0.3, -0.25) is 0 Å². The van der Waals surface area contributed by atoms with Crippen molar-refractivity contribution >= 4 is 0 Å². The second-order valence-electron chi connectivity index (χ2n) is 4.68. The number of hydrogen-bond donors (Lipinski definition) is 1. The van der Waals surface area contributed by atoms with Gasteiger partial charge >= 0.3 is 0 Å². The molecule has 4 nitrogen and oxygen atoms in total. The molecule has 0 spiro atoms. The largest absolute Gasteiger partial charge is 0.488 e. The van der Waals surface area contributed by atoms with E-state index in [2.05, 4.69) is 17.2 Å². The molecule has 0 aromatic carbocycles. The molecule has 100 valence electrons. The van der Waals surface area contributed by atoms with Crippen LogP contribution in [-0.2, 0) is 0 Å². The van der Waals surface area contributed by atoms with Crippen LogP contribution < -0.4 is 14.8 Å². The molecule has 2 rings (SSSR count). The fourth-order valence-corrected chi connectivity index (χ4v) is 2.07. The van der Waals surface area contributed by atoms with E-state index >= 15 is 0 Å². The molecule has 1 aliphatic heterocycles. The highest BCUT2D eigenvalue weighted by Gasteiger charge is 2.15. The molecule has 2 heterocycles. The van der Waals surface area contributed by atoms with Gasteiger partial charge in [0.25, 0.3) is 5.88 Å². The monoisotopic (exact) mass is 250 g/mol. The number of rotatable bonds is 6. The van der Waals surface area contributed by atoms with Crippen LogP contribution in [0, 0.1) is 5.92 Å². The van der Waals surface area contributed by atoms with Crippen molar-refractivity contribution in [2.75, 3.05) is 26.3 Å². The second kappa shape index (κ2) is 7.21. The van der Waals surface area contributed by atoms with Crippen molar-refractivity contribution in [3.05, 3.63) is 18.3 Å². The van der Waals surface area contributed by atoms with E-state index in [-0.39, 0.29) is 0 Å². The minimum absolute atomic E-state index is 0.583. The molecule has 1 aliphatic rings. The summed E-state index contributed by atoms with van der Waals surface area (Å²) in [6, 6.07) is 3.79. The lowest BCUT2D eigenvalue weighted by Crippen LogP contribution is -2.33. The average Bonchev–Trinajstić information content (AvgIpc) is 2.45. The van der Waals surface area contributed by atoms with Gasteiger partial charge in [-0.25, -0.2) is 4.98 Å². The van der Waals surface area contributed by atoms with Gasteiger partial charge in [0.1, 0.15) is 0 Å². The normalized spacial score (nSPS) is 19.5. The third kappa shape index (κ3) is 3.88. The SMILES string of the molecule is CCCOc1cccnc1OCC1CCCNC1. The Hall–Kier alpha value is -1.29. The third-order valence-electron chi connectivity index (χ3n) is 3.05. The lowest BCUT2D eigenvalue weighted by molar-refractivity contribution is 0.199. The number of aromatic nitrogens is 1. The molecular formula is C14H22N2O2. The van der Waals surface area contributed by atoms with E-state index in [9.17, 15) is 0 Å². The molecule has 18 heavy (non-hydrogen) atoms. The molecule has 1 unspecified atom stereocenters. The highest BCUT2D eigenvalue weighted by molar-refractivity contribution is 5.32. The molecule has 1 aromatic rings. The van der Waals surface area contributed by atoms with Crippen LogP contribution in [0.25, 0.3) is 0 Å². The van der Waals surface area contributed by atoms with Crippen molar-refractivity contribution in [1.82, 2.24) is 10.3 Å². The topological polar surface area (TPSA) is 43.4 Å². The van der Waals surface area contributed by atoms with E-state index in [4.69, 9.17) is 9.47 Å². The maximum atomic E-state index is 5.80. The van der Waals surface area contributed by atoms with E-state index < -0.39 is 0 Å². The van der Waals surface area contributed by atoms with Crippen LogP contribution in [0.2, 0.25) is 0 Å². The first kappa shape index (κ1) is 13.1. The predicted molar refractivity (Wildman–Crippen MR) is 71.1 cm³/mol. The fraction of sp³-hybridized carbons (Fsp3) is 0.643. The summed E-state index contributed by atoms with van der Waals surface area (Å²) in [5.41, 5.74) is 0. The van der Waals surface area contributed by atoms with Gasteiger partial charge in [-0.05, 0) is 37.9 Å². The lowest BCUT2D eigenvalue weighted by atomic mass is 10.0. The molecule has 0 saturated carbocycles. The van der Waals surface area contributed by atoms with Gasteiger partial charge in [0.15, 0.2) is 5.75 Å². The molecule has 1 atom stereocenters. The van der Waals surface area contributed by atoms with E-state index in [1.54, 1.807) is 6.20 Å². The lowest BCUT2D eigenvalue weighted by Gasteiger charge is -2.22. The number of nitrogens with zero attached hydrogens (tertiary/aromatic N) is 1. The predicted octanol–water partition coefficient (Wildman–Crippen LogP) is 2.25. The summed E-state index contributed by atoms with van der Waals surface area (Å²) in [7, 11) is 0. The first-order valence-corrected chi connectivity index (χ1v) is 6.81. The van der Waals surface area contributed by atoms with Crippen molar-refractivity contribution in [3.8, 4) is 11.6 Å². The Bertz CT molecular complexity index is 351. The zero-order chi connectivity index (χ0) is 12.6. The summed E-state index contributed by atoms with van der Waals surface area (Å²) in [6.45, 7) is 5.67. The number of ether oxygens (including phenoxy) is 2. The van der Waals surface area contributed by atoms with Gasteiger partial charge < -0.3 is 14.8 Å².